The molecular weight excluding hydrogens is 284 g/mol. The molecule has 0 saturated carbocycles. The van der Waals surface area contributed by atoms with E-state index in [9.17, 15) is 0 Å². The van der Waals surface area contributed by atoms with Crippen LogP contribution in [0.2, 0.25) is 0 Å². The fourth-order valence-electron chi connectivity index (χ4n) is 2.07. The molecule has 1 saturated heterocycles. The van der Waals surface area contributed by atoms with Crippen LogP contribution in [0.4, 0.5) is 0 Å². The Morgan fingerprint density at radius 3 is 3.06 bits per heavy atom. The molecule has 2 rings (SSSR count). The van der Waals surface area contributed by atoms with Crippen molar-refractivity contribution in [2.45, 2.75) is 26.4 Å². The summed E-state index contributed by atoms with van der Waals surface area (Å²) in [5, 5.41) is 5.75. The smallest absolute Gasteiger partial charge is 0.0340 e. The number of hydrogen-bond acceptors (Lipinski definition) is 3. The van der Waals surface area contributed by atoms with Gasteiger partial charge in [0.15, 0.2) is 0 Å². The summed E-state index contributed by atoms with van der Waals surface area (Å²) in [7, 11) is 0. The van der Waals surface area contributed by atoms with Crippen LogP contribution < -0.4 is 5.32 Å². The van der Waals surface area contributed by atoms with Crippen LogP contribution >= 0.6 is 27.3 Å². The highest BCUT2D eigenvalue weighted by Crippen LogP contribution is 2.24. The van der Waals surface area contributed by atoms with E-state index in [1.165, 1.54) is 15.9 Å². The van der Waals surface area contributed by atoms with Gasteiger partial charge in [-0.2, -0.15) is 0 Å². The Morgan fingerprint density at radius 2 is 2.44 bits per heavy atom. The van der Waals surface area contributed by atoms with Gasteiger partial charge in [0.1, 0.15) is 0 Å². The minimum atomic E-state index is 0.646. The minimum absolute atomic E-state index is 0.646. The number of rotatable bonds is 3. The van der Waals surface area contributed by atoms with Crippen LogP contribution in [-0.4, -0.2) is 30.6 Å². The Kier molecular flexibility index (Phi) is 4.41. The molecule has 2 heterocycles. The van der Waals surface area contributed by atoms with Crippen molar-refractivity contribution in [1.29, 1.82) is 0 Å². The van der Waals surface area contributed by atoms with Gasteiger partial charge < -0.3 is 5.32 Å². The van der Waals surface area contributed by atoms with Gasteiger partial charge >= 0.3 is 0 Å². The van der Waals surface area contributed by atoms with E-state index < -0.39 is 0 Å². The van der Waals surface area contributed by atoms with E-state index in [0.717, 1.165) is 25.6 Å². The molecule has 1 aromatic heterocycles. The summed E-state index contributed by atoms with van der Waals surface area (Å²) in [5.74, 6) is 0.717. The monoisotopic (exact) mass is 302 g/mol. The van der Waals surface area contributed by atoms with Crippen molar-refractivity contribution in [2.75, 3.05) is 19.6 Å². The molecule has 0 amide bonds. The summed E-state index contributed by atoms with van der Waals surface area (Å²) in [5.41, 5.74) is 0. The molecule has 0 radical (unpaired) electrons. The van der Waals surface area contributed by atoms with Crippen LogP contribution in [0.1, 0.15) is 18.7 Å². The molecule has 1 fully saturated rings. The maximum absolute atomic E-state index is 3.61. The zero-order valence-corrected chi connectivity index (χ0v) is 12.3. The first-order valence-electron chi connectivity index (χ1n) is 5.84. The molecule has 0 spiro atoms. The lowest BCUT2D eigenvalue weighted by atomic mass is 10.0. The molecule has 2 nitrogen and oxygen atoms in total. The Hall–Kier alpha value is 0.1000. The third-order valence-electron chi connectivity index (χ3n) is 3.15. The summed E-state index contributed by atoms with van der Waals surface area (Å²) in [6.07, 6.45) is 0. The fraction of sp³-hybridized carbons (Fsp3) is 0.667. The molecular formula is C12H19BrN2S. The van der Waals surface area contributed by atoms with Crippen molar-refractivity contribution in [3.63, 3.8) is 0 Å². The number of thiophene rings is 1. The van der Waals surface area contributed by atoms with Gasteiger partial charge in [0.05, 0.1) is 0 Å². The molecule has 0 aliphatic carbocycles. The first kappa shape index (κ1) is 12.6. The highest BCUT2D eigenvalue weighted by molar-refractivity contribution is 9.10. The van der Waals surface area contributed by atoms with Crippen LogP contribution in [0.15, 0.2) is 15.9 Å². The SMILES string of the molecule is CC(C)C1CN(Cc2sccc2Br)CCN1. The van der Waals surface area contributed by atoms with Crippen molar-refractivity contribution in [3.8, 4) is 0 Å². The van der Waals surface area contributed by atoms with Crippen molar-refractivity contribution in [1.82, 2.24) is 10.2 Å². The van der Waals surface area contributed by atoms with Crippen molar-refractivity contribution in [2.24, 2.45) is 5.92 Å². The van der Waals surface area contributed by atoms with E-state index in [2.05, 4.69) is 51.4 Å². The Morgan fingerprint density at radius 1 is 1.62 bits per heavy atom. The topological polar surface area (TPSA) is 15.3 Å². The largest absolute Gasteiger partial charge is 0.311 e. The normalized spacial score (nSPS) is 22.9. The summed E-state index contributed by atoms with van der Waals surface area (Å²) >= 11 is 5.45. The van der Waals surface area contributed by atoms with Crippen LogP contribution in [0.5, 0.6) is 0 Å². The number of halogens is 1. The lowest BCUT2D eigenvalue weighted by Crippen LogP contribution is -2.52. The van der Waals surface area contributed by atoms with Gasteiger partial charge in [0.2, 0.25) is 0 Å². The van der Waals surface area contributed by atoms with Crippen LogP contribution in [-0.2, 0) is 6.54 Å². The first-order valence-corrected chi connectivity index (χ1v) is 7.51. The maximum atomic E-state index is 3.61. The summed E-state index contributed by atoms with van der Waals surface area (Å²) in [6, 6.07) is 2.79. The third-order valence-corrected chi connectivity index (χ3v) is 5.06. The van der Waals surface area contributed by atoms with E-state index in [4.69, 9.17) is 0 Å². The molecule has 1 aromatic rings. The molecule has 1 unspecified atom stereocenters. The van der Waals surface area contributed by atoms with Crippen LogP contribution in [0.3, 0.4) is 0 Å². The predicted molar refractivity (Wildman–Crippen MR) is 73.9 cm³/mol. The molecule has 1 N–H and O–H groups in total. The third kappa shape index (κ3) is 3.06. The predicted octanol–water partition coefficient (Wildman–Crippen LogP) is 2.94. The van der Waals surface area contributed by atoms with Gasteiger partial charge in [-0.3, -0.25) is 4.90 Å². The van der Waals surface area contributed by atoms with Gasteiger partial charge in [0.25, 0.3) is 0 Å². The quantitative estimate of drug-likeness (QED) is 0.923. The summed E-state index contributed by atoms with van der Waals surface area (Å²) in [6.45, 7) is 9.12. The molecule has 0 bridgehead atoms. The second kappa shape index (κ2) is 5.63. The molecule has 1 aliphatic heterocycles. The number of nitrogens with one attached hydrogen (secondary N) is 1. The van der Waals surface area contributed by atoms with Crippen LogP contribution in [0.25, 0.3) is 0 Å². The van der Waals surface area contributed by atoms with Crippen LogP contribution in [0, 0.1) is 5.92 Å². The average Bonchev–Trinajstić information content (AvgIpc) is 2.65. The standard InChI is InChI=1S/C12H19BrN2S/c1-9(2)11-7-15(5-4-14-11)8-12-10(13)3-6-16-12/h3,6,9,11,14H,4-5,7-8H2,1-2H3. The van der Waals surface area contributed by atoms with E-state index >= 15 is 0 Å². The lowest BCUT2D eigenvalue weighted by Gasteiger charge is -2.35. The van der Waals surface area contributed by atoms with Gasteiger partial charge in [-0.15, -0.1) is 11.3 Å². The Labute approximate surface area is 110 Å². The second-order valence-electron chi connectivity index (χ2n) is 4.73. The number of piperazine rings is 1. The molecule has 90 valence electrons. The maximum Gasteiger partial charge on any atom is 0.0340 e. The minimum Gasteiger partial charge on any atom is -0.311 e. The van der Waals surface area contributed by atoms with Gasteiger partial charge in [-0.1, -0.05) is 13.8 Å². The molecule has 0 aromatic carbocycles. The molecule has 1 atom stereocenters. The molecule has 16 heavy (non-hydrogen) atoms. The van der Waals surface area contributed by atoms with Gasteiger partial charge in [-0.25, -0.2) is 0 Å². The number of nitrogens with zero attached hydrogens (tertiary/aromatic N) is 1. The van der Waals surface area contributed by atoms with Crippen molar-refractivity contribution < 1.29 is 0 Å². The second-order valence-corrected chi connectivity index (χ2v) is 6.59. The zero-order valence-electron chi connectivity index (χ0n) is 9.87. The van der Waals surface area contributed by atoms with Gasteiger partial charge in [-0.05, 0) is 33.3 Å². The fourth-order valence-corrected chi connectivity index (χ4v) is 3.59. The first-order chi connectivity index (χ1) is 7.66. The van der Waals surface area contributed by atoms with E-state index in [0.29, 0.717) is 6.04 Å². The van der Waals surface area contributed by atoms with E-state index in [1.54, 1.807) is 0 Å². The van der Waals surface area contributed by atoms with Crippen molar-refractivity contribution in [3.05, 3.63) is 20.8 Å². The Bertz CT molecular complexity index is 338. The van der Waals surface area contributed by atoms with Crippen molar-refractivity contribution >= 4 is 27.3 Å². The lowest BCUT2D eigenvalue weighted by molar-refractivity contribution is 0.169. The van der Waals surface area contributed by atoms with E-state index in [-0.39, 0.29) is 0 Å². The Balaban J connectivity index is 1.93. The average molecular weight is 303 g/mol. The summed E-state index contributed by atoms with van der Waals surface area (Å²) < 4.78 is 1.26. The number of hydrogen-bond donors (Lipinski definition) is 1. The molecule has 1 aliphatic rings. The highest BCUT2D eigenvalue weighted by Gasteiger charge is 2.22. The van der Waals surface area contributed by atoms with E-state index in [1.807, 2.05) is 11.3 Å². The molecule has 4 heteroatoms. The summed E-state index contributed by atoms with van der Waals surface area (Å²) in [4.78, 5) is 4.00. The van der Waals surface area contributed by atoms with Gasteiger partial charge in [0, 0.05) is 41.6 Å². The highest BCUT2D eigenvalue weighted by atomic mass is 79.9. The zero-order chi connectivity index (χ0) is 11.5.